The Kier molecular flexibility index (Phi) is 5.32. The van der Waals surface area contributed by atoms with Crippen LogP contribution in [0.3, 0.4) is 0 Å². The predicted molar refractivity (Wildman–Crippen MR) is 97.5 cm³/mol. The minimum absolute atomic E-state index is 0.434. The Labute approximate surface area is 154 Å². The largest absolute Gasteiger partial charge is 0.486 e. The summed E-state index contributed by atoms with van der Waals surface area (Å²) in [5, 5.41) is 0. The van der Waals surface area contributed by atoms with Gasteiger partial charge in [0.25, 0.3) is 0 Å². The monoisotopic (exact) mass is 355 g/mol. The molecule has 0 unspecified atom stereocenters. The average molecular weight is 355 g/mol. The van der Waals surface area contributed by atoms with Gasteiger partial charge in [0.2, 0.25) is 0 Å². The van der Waals surface area contributed by atoms with Gasteiger partial charge in [0.1, 0.15) is 19.5 Å². The number of hydrogen-bond donors (Lipinski definition) is 0. The first-order valence-electron chi connectivity index (χ1n) is 9.22. The molecule has 4 rings (SSSR count). The van der Waals surface area contributed by atoms with Crippen LogP contribution in [0.4, 0.5) is 0 Å². The van der Waals surface area contributed by atoms with Gasteiger partial charge >= 0.3 is 0 Å². The molecule has 1 aromatic carbocycles. The molecule has 26 heavy (non-hydrogen) atoms. The van der Waals surface area contributed by atoms with Gasteiger partial charge in [0.15, 0.2) is 11.5 Å². The number of fused-ring (bicyclic) bond motifs is 1. The van der Waals surface area contributed by atoms with Crippen molar-refractivity contribution in [2.75, 3.05) is 39.5 Å². The minimum atomic E-state index is 0.434. The molecule has 1 saturated heterocycles. The number of hydrogen-bond acceptors (Lipinski definition) is 6. The summed E-state index contributed by atoms with van der Waals surface area (Å²) in [6, 6.07) is 8.31. The van der Waals surface area contributed by atoms with Crippen molar-refractivity contribution >= 4 is 0 Å². The summed E-state index contributed by atoms with van der Waals surface area (Å²) in [4.78, 5) is 11.0. The zero-order valence-electron chi connectivity index (χ0n) is 15.2. The lowest BCUT2D eigenvalue weighted by Gasteiger charge is -2.24. The van der Waals surface area contributed by atoms with Gasteiger partial charge in [-0.1, -0.05) is 6.07 Å². The topological polar surface area (TPSA) is 56.7 Å². The summed E-state index contributed by atoms with van der Waals surface area (Å²) < 4.78 is 17.2. The van der Waals surface area contributed by atoms with E-state index in [4.69, 9.17) is 14.2 Å². The molecule has 0 aliphatic carbocycles. The molecule has 0 spiro atoms. The molecule has 2 aromatic rings. The lowest BCUT2D eigenvalue weighted by Crippen LogP contribution is -2.30. The molecule has 6 heteroatoms. The number of aryl methyl sites for hydroxylation is 1. The van der Waals surface area contributed by atoms with Crippen molar-refractivity contribution < 1.29 is 14.2 Å². The van der Waals surface area contributed by atoms with E-state index in [9.17, 15) is 0 Å². The van der Waals surface area contributed by atoms with Crippen molar-refractivity contribution in [3.8, 4) is 11.5 Å². The van der Waals surface area contributed by atoms with Crippen LogP contribution < -0.4 is 9.47 Å². The molecular weight excluding hydrogens is 330 g/mol. The third-order valence-electron chi connectivity index (χ3n) is 4.79. The molecule has 1 atom stereocenters. The first kappa shape index (κ1) is 17.2. The third-order valence-corrected chi connectivity index (χ3v) is 4.79. The van der Waals surface area contributed by atoms with E-state index in [1.54, 1.807) is 6.33 Å². The summed E-state index contributed by atoms with van der Waals surface area (Å²) in [6.07, 6.45) is 2.57. The van der Waals surface area contributed by atoms with Gasteiger partial charge in [-0.3, -0.25) is 4.90 Å². The summed E-state index contributed by atoms with van der Waals surface area (Å²) >= 11 is 0. The lowest BCUT2D eigenvalue weighted by molar-refractivity contribution is 0.121. The van der Waals surface area contributed by atoms with Gasteiger partial charge in [-0.15, -0.1) is 0 Å². The molecule has 0 amide bonds. The second-order valence-corrected chi connectivity index (χ2v) is 7.01. The summed E-state index contributed by atoms with van der Waals surface area (Å²) in [7, 11) is 0. The highest BCUT2D eigenvalue weighted by molar-refractivity contribution is 5.43. The van der Waals surface area contributed by atoms with E-state index < -0.39 is 0 Å². The van der Waals surface area contributed by atoms with Crippen LogP contribution in [0.5, 0.6) is 11.5 Å². The minimum Gasteiger partial charge on any atom is -0.486 e. The van der Waals surface area contributed by atoms with Crippen molar-refractivity contribution in [1.82, 2.24) is 14.9 Å². The van der Waals surface area contributed by atoms with Crippen molar-refractivity contribution in [1.29, 1.82) is 0 Å². The highest BCUT2D eigenvalue weighted by Gasteiger charge is 2.21. The Bertz CT molecular complexity index is 753. The smallest absolute Gasteiger partial charge is 0.161 e. The molecule has 1 fully saturated rings. The van der Waals surface area contributed by atoms with E-state index in [2.05, 4.69) is 33.1 Å². The maximum Gasteiger partial charge on any atom is 0.161 e. The zero-order chi connectivity index (χ0) is 17.8. The fraction of sp³-hybridized carbons (Fsp3) is 0.500. The predicted octanol–water partition coefficient (Wildman–Crippen LogP) is 2.25. The molecule has 0 saturated carbocycles. The van der Waals surface area contributed by atoms with Crippen LogP contribution in [0.25, 0.3) is 0 Å². The zero-order valence-corrected chi connectivity index (χ0v) is 15.2. The van der Waals surface area contributed by atoms with Gasteiger partial charge in [-0.25, -0.2) is 9.97 Å². The van der Waals surface area contributed by atoms with Gasteiger partial charge in [-0.2, -0.15) is 0 Å². The van der Waals surface area contributed by atoms with Crippen LogP contribution in [0.2, 0.25) is 0 Å². The van der Waals surface area contributed by atoms with E-state index in [0.717, 1.165) is 62.2 Å². The van der Waals surface area contributed by atoms with E-state index in [1.807, 2.05) is 13.0 Å². The lowest BCUT2D eigenvalue weighted by atomic mass is 10.0. The van der Waals surface area contributed by atoms with E-state index in [1.165, 1.54) is 5.56 Å². The summed E-state index contributed by atoms with van der Waals surface area (Å²) in [5.41, 5.74) is 3.35. The van der Waals surface area contributed by atoms with Crippen molar-refractivity contribution in [3.05, 3.63) is 47.5 Å². The maximum atomic E-state index is 5.84. The molecule has 2 aliphatic heterocycles. The number of benzene rings is 1. The standard InChI is InChI=1S/C20H25N3O3/c1-15-8-18(22-14-21-15)9-17-12-23(4-5-24-13-17)11-16-2-3-19-20(10-16)26-7-6-25-19/h2-3,8,10,14,17H,4-7,9,11-13H2,1H3/t17-/m1/s1. The van der Waals surface area contributed by atoms with E-state index >= 15 is 0 Å². The highest BCUT2D eigenvalue weighted by atomic mass is 16.6. The Hall–Kier alpha value is -2.18. The van der Waals surface area contributed by atoms with Crippen LogP contribution in [0.1, 0.15) is 17.0 Å². The molecule has 0 bridgehead atoms. The van der Waals surface area contributed by atoms with Gasteiger partial charge in [0, 0.05) is 36.9 Å². The third kappa shape index (κ3) is 4.31. The molecule has 2 aliphatic rings. The maximum absolute atomic E-state index is 5.84. The van der Waals surface area contributed by atoms with Crippen LogP contribution in [-0.2, 0) is 17.7 Å². The summed E-state index contributed by atoms with van der Waals surface area (Å²) in [5.74, 6) is 2.13. The Morgan fingerprint density at radius 2 is 1.96 bits per heavy atom. The fourth-order valence-corrected chi connectivity index (χ4v) is 3.58. The quantitative estimate of drug-likeness (QED) is 0.838. The van der Waals surface area contributed by atoms with Gasteiger partial charge in [-0.05, 0) is 37.1 Å². The highest BCUT2D eigenvalue weighted by Crippen LogP contribution is 2.31. The molecule has 138 valence electrons. The number of aromatic nitrogens is 2. The number of nitrogens with zero attached hydrogens (tertiary/aromatic N) is 3. The Morgan fingerprint density at radius 1 is 1.08 bits per heavy atom. The average Bonchev–Trinajstić information content (AvgIpc) is 2.86. The normalized spacial score (nSPS) is 20.6. The Balaban J connectivity index is 1.41. The molecule has 1 aromatic heterocycles. The van der Waals surface area contributed by atoms with Gasteiger partial charge in [0.05, 0.1) is 13.2 Å². The molecule has 3 heterocycles. The molecule has 0 N–H and O–H groups in total. The van der Waals surface area contributed by atoms with Crippen molar-refractivity contribution in [2.45, 2.75) is 19.9 Å². The van der Waals surface area contributed by atoms with Crippen molar-refractivity contribution in [3.63, 3.8) is 0 Å². The molecule has 0 radical (unpaired) electrons. The van der Waals surface area contributed by atoms with Crippen LogP contribution in [-0.4, -0.2) is 54.4 Å². The van der Waals surface area contributed by atoms with Crippen LogP contribution in [0.15, 0.2) is 30.6 Å². The fourth-order valence-electron chi connectivity index (χ4n) is 3.58. The van der Waals surface area contributed by atoms with Crippen molar-refractivity contribution in [2.24, 2.45) is 5.92 Å². The van der Waals surface area contributed by atoms with Crippen LogP contribution in [0, 0.1) is 12.8 Å². The second-order valence-electron chi connectivity index (χ2n) is 7.01. The Morgan fingerprint density at radius 3 is 2.85 bits per heavy atom. The number of ether oxygens (including phenoxy) is 3. The van der Waals surface area contributed by atoms with Gasteiger partial charge < -0.3 is 14.2 Å². The van der Waals surface area contributed by atoms with Crippen LogP contribution >= 0.6 is 0 Å². The molecular formula is C20H25N3O3. The van der Waals surface area contributed by atoms with E-state index in [0.29, 0.717) is 19.1 Å². The molecule has 6 nitrogen and oxygen atoms in total. The first-order valence-corrected chi connectivity index (χ1v) is 9.22. The van der Waals surface area contributed by atoms with E-state index in [-0.39, 0.29) is 0 Å². The second kappa shape index (κ2) is 8.01. The SMILES string of the molecule is Cc1cc(C[C@H]2COCCN(Cc3ccc4c(c3)OCCO4)C2)ncn1. The number of rotatable bonds is 4. The first-order chi connectivity index (χ1) is 12.8. The summed E-state index contributed by atoms with van der Waals surface area (Å²) in [6.45, 7) is 7.62.